The first-order chi connectivity index (χ1) is 9.34. The van der Waals surface area contributed by atoms with E-state index in [4.69, 9.17) is 14.0 Å². The summed E-state index contributed by atoms with van der Waals surface area (Å²) >= 11 is 3.28. The van der Waals surface area contributed by atoms with Crippen LogP contribution in [0.3, 0.4) is 0 Å². The van der Waals surface area contributed by atoms with E-state index in [1.54, 1.807) is 7.11 Å². The number of benzene rings is 1. The van der Waals surface area contributed by atoms with Crippen LogP contribution >= 0.6 is 0 Å². The van der Waals surface area contributed by atoms with Gasteiger partial charge in [-0.3, -0.25) is 0 Å². The summed E-state index contributed by atoms with van der Waals surface area (Å²) in [6, 6.07) is 9.87. The van der Waals surface area contributed by atoms with Gasteiger partial charge in [-0.25, -0.2) is 0 Å². The molecule has 0 fully saturated rings. The topological polar surface area (TPSA) is 49.0 Å². The van der Waals surface area contributed by atoms with E-state index in [9.17, 15) is 0 Å². The third-order valence-electron chi connectivity index (χ3n) is 1.74. The van der Waals surface area contributed by atoms with Crippen molar-refractivity contribution in [3.05, 3.63) is 79.9 Å². The van der Waals surface area contributed by atoms with E-state index in [1.807, 2.05) is 61.1 Å². The molecule has 2 rings (SSSR count). The Kier molecular flexibility index (Phi) is 17.3. The van der Waals surface area contributed by atoms with Gasteiger partial charge in [-0.2, -0.15) is 0 Å². The normalized spacial score (nSPS) is 9.74. The van der Waals surface area contributed by atoms with Crippen molar-refractivity contribution in [2.45, 2.75) is 0 Å². The van der Waals surface area contributed by atoms with Gasteiger partial charge in [-0.15, -0.1) is 0 Å². The molecule has 1 aliphatic rings. The molecule has 1 aliphatic carbocycles. The van der Waals surface area contributed by atoms with Crippen molar-refractivity contribution in [3.63, 3.8) is 0 Å². The molecule has 0 heterocycles. The van der Waals surface area contributed by atoms with Crippen molar-refractivity contribution in [2.24, 2.45) is 0 Å². The SMILES string of the molecule is CO[C](=[Mn])c1ccccc1.[C-]#[O+].[C-]#[O+].[CH]1C=CC=C1. The summed E-state index contributed by atoms with van der Waals surface area (Å²) in [7, 11) is 1.64. The molecule has 0 spiro atoms. The Morgan fingerprint density at radius 1 is 0.947 bits per heavy atom. The molecule has 1 radical (unpaired) electrons. The van der Waals surface area contributed by atoms with Gasteiger partial charge in [-0.05, 0) is 0 Å². The smallest absolute Gasteiger partial charge is 0.00506 e. The Labute approximate surface area is 121 Å². The van der Waals surface area contributed by atoms with Crippen LogP contribution in [0.1, 0.15) is 5.56 Å². The maximum Gasteiger partial charge on any atom is 0.00506 e. The minimum Gasteiger partial charge on any atom is -0.0767 e. The van der Waals surface area contributed by atoms with Crippen LogP contribution in [0.25, 0.3) is 0 Å². The predicted octanol–water partition coefficient (Wildman–Crippen LogP) is 2.60. The van der Waals surface area contributed by atoms with Crippen LogP contribution in [-0.4, -0.2) is 11.7 Å². The standard InChI is InChI=1S/C8H8O.C5H5.2CO.Mn/c1-9-7-8-5-3-2-4-6-8;1-2-4-5-3-1;2*1-2;/h2-6H,1H3;1-5H;;;. The molecule has 0 saturated carbocycles. The van der Waals surface area contributed by atoms with Gasteiger partial charge in [0.15, 0.2) is 0 Å². The Hall–Kier alpha value is -1.47. The Morgan fingerprint density at radius 3 is 1.74 bits per heavy atom. The fourth-order valence-electron chi connectivity index (χ4n) is 1.01. The van der Waals surface area contributed by atoms with E-state index < -0.39 is 0 Å². The van der Waals surface area contributed by atoms with Gasteiger partial charge in [0.05, 0.1) is 0 Å². The average molecular weight is 296 g/mol. The molecule has 1 aromatic rings. The van der Waals surface area contributed by atoms with Gasteiger partial charge in [0.2, 0.25) is 0 Å². The monoisotopic (exact) mass is 296 g/mol. The molecule has 19 heavy (non-hydrogen) atoms. The summed E-state index contributed by atoms with van der Waals surface area (Å²) < 4.78 is 20.7. The molecule has 0 saturated heterocycles. The van der Waals surface area contributed by atoms with Crippen molar-refractivity contribution in [1.82, 2.24) is 0 Å². The number of methoxy groups -OCH3 is 1. The van der Waals surface area contributed by atoms with Crippen LogP contribution in [0.15, 0.2) is 54.6 Å². The zero-order valence-corrected chi connectivity index (χ0v) is 11.6. The molecule has 0 atom stereocenters. The molecule has 0 unspecified atom stereocenters. The second-order valence-corrected chi connectivity index (χ2v) is 3.34. The van der Waals surface area contributed by atoms with Crippen molar-refractivity contribution in [1.29, 1.82) is 0 Å². The molecule has 0 aromatic heterocycles. The predicted molar refractivity (Wildman–Crippen MR) is 68.0 cm³/mol. The molecule has 3 nitrogen and oxygen atoms in total. The first kappa shape index (κ1) is 19.9. The fourth-order valence-corrected chi connectivity index (χ4v) is 1.20. The first-order valence-corrected chi connectivity index (χ1v) is 5.63. The quantitative estimate of drug-likeness (QED) is 0.470. The van der Waals surface area contributed by atoms with Gasteiger partial charge in [0, 0.05) is 6.42 Å². The van der Waals surface area contributed by atoms with E-state index in [0.717, 1.165) is 10.2 Å². The van der Waals surface area contributed by atoms with Gasteiger partial charge in [0.1, 0.15) is 0 Å². The molecule has 0 N–H and O–H groups in total. The van der Waals surface area contributed by atoms with Crippen molar-refractivity contribution >= 4 is 4.60 Å². The molecule has 0 amide bonds. The van der Waals surface area contributed by atoms with E-state index in [2.05, 4.69) is 28.9 Å². The summed E-state index contributed by atoms with van der Waals surface area (Å²) in [5.41, 5.74) is 1.06. The van der Waals surface area contributed by atoms with Crippen molar-refractivity contribution in [2.75, 3.05) is 7.11 Å². The van der Waals surface area contributed by atoms with Gasteiger partial charge >= 0.3 is 90.5 Å². The van der Waals surface area contributed by atoms with Gasteiger partial charge < -0.3 is 0 Å². The molecule has 98 valence electrons. The van der Waals surface area contributed by atoms with E-state index in [0.29, 0.717) is 0 Å². The summed E-state index contributed by atoms with van der Waals surface area (Å²) in [5, 5.41) is 0. The zero-order chi connectivity index (χ0) is 14.9. The number of hydrogen-bond acceptors (Lipinski definition) is 1. The van der Waals surface area contributed by atoms with E-state index in [1.165, 1.54) is 0 Å². The second-order valence-electron chi connectivity index (χ2n) is 2.81. The van der Waals surface area contributed by atoms with Gasteiger partial charge in [-0.1, -0.05) is 24.3 Å². The minimum absolute atomic E-state index is 0.771. The number of ether oxygens (including phenoxy) is 1. The van der Waals surface area contributed by atoms with Crippen LogP contribution in [0.5, 0.6) is 0 Å². The first-order valence-electron chi connectivity index (χ1n) is 5.04. The van der Waals surface area contributed by atoms with Crippen molar-refractivity contribution < 1.29 is 29.6 Å². The third-order valence-corrected chi connectivity index (χ3v) is 2.32. The third kappa shape index (κ3) is 11.4. The Balaban J connectivity index is 0. The van der Waals surface area contributed by atoms with Crippen LogP contribution in [0, 0.1) is 19.7 Å². The molecular formula is C15H13MnO3. The van der Waals surface area contributed by atoms with Gasteiger partial charge in [0.25, 0.3) is 0 Å². The summed E-state index contributed by atoms with van der Waals surface area (Å²) in [6.45, 7) is 9.00. The maximum absolute atomic E-state index is 7.50. The van der Waals surface area contributed by atoms with E-state index in [-0.39, 0.29) is 0 Å². The maximum atomic E-state index is 7.50. The average Bonchev–Trinajstić information content (AvgIpc) is 3.11. The van der Waals surface area contributed by atoms with Crippen LogP contribution < -0.4 is 0 Å². The van der Waals surface area contributed by atoms with Crippen LogP contribution in [-0.2, 0) is 29.6 Å². The largest absolute Gasteiger partial charge is 0.0767 e. The minimum atomic E-state index is 0.771. The molecule has 4 heteroatoms. The van der Waals surface area contributed by atoms with Crippen LogP contribution in [0.2, 0.25) is 0 Å². The number of hydrogen-bond donors (Lipinski definition) is 0. The Bertz CT molecular complexity index is 414. The number of allylic oxidation sites excluding steroid dienone is 4. The Morgan fingerprint density at radius 2 is 1.42 bits per heavy atom. The second kappa shape index (κ2) is 16.5. The summed E-state index contributed by atoms with van der Waals surface area (Å²) in [6.07, 6.45) is 10.0. The van der Waals surface area contributed by atoms with Crippen LogP contribution in [0.4, 0.5) is 0 Å². The van der Waals surface area contributed by atoms with Crippen molar-refractivity contribution in [3.8, 4) is 0 Å². The summed E-state index contributed by atoms with van der Waals surface area (Å²) in [4.78, 5) is 0. The van der Waals surface area contributed by atoms with E-state index >= 15 is 0 Å². The fraction of sp³-hybridized carbons (Fsp3) is 0.0667. The number of rotatable bonds is 2. The zero-order valence-electron chi connectivity index (χ0n) is 10.4. The molecular weight excluding hydrogens is 283 g/mol. The molecule has 1 aromatic carbocycles. The molecule has 0 aliphatic heterocycles. The summed E-state index contributed by atoms with van der Waals surface area (Å²) in [5.74, 6) is 0. The molecule has 0 bridgehead atoms.